The number of likely N-dealkylation sites (tertiary alicyclic amines) is 1. The van der Waals surface area contributed by atoms with Crippen LogP contribution in [-0.4, -0.2) is 58.6 Å². The van der Waals surface area contributed by atoms with E-state index < -0.39 is 23.7 Å². The van der Waals surface area contributed by atoms with Crippen LogP contribution in [0.1, 0.15) is 37.4 Å². The van der Waals surface area contributed by atoms with Gasteiger partial charge in [-0.15, -0.1) is 11.8 Å². The van der Waals surface area contributed by atoms with Gasteiger partial charge in [0.15, 0.2) is 0 Å². The van der Waals surface area contributed by atoms with E-state index in [2.05, 4.69) is 9.88 Å². The number of pyridine rings is 1. The van der Waals surface area contributed by atoms with Gasteiger partial charge in [0.2, 0.25) is 0 Å². The smallest absolute Gasteiger partial charge is 0.303 e. The predicted molar refractivity (Wildman–Crippen MR) is 140 cm³/mol. The fraction of sp³-hybridized carbons (Fsp3) is 0.429. The predicted octanol–water partition coefficient (Wildman–Crippen LogP) is 5.54. The van der Waals surface area contributed by atoms with Gasteiger partial charge in [-0.25, -0.2) is 8.78 Å². The third kappa shape index (κ3) is 6.97. The molecule has 37 heavy (non-hydrogen) atoms. The van der Waals surface area contributed by atoms with Crippen molar-refractivity contribution in [1.29, 1.82) is 0 Å². The molecule has 9 heteroatoms. The molecule has 1 aliphatic rings. The Morgan fingerprint density at radius 1 is 1.22 bits per heavy atom. The molecule has 0 saturated carbocycles. The Labute approximate surface area is 219 Å². The van der Waals surface area contributed by atoms with Crippen LogP contribution in [-0.2, 0) is 4.79 Å². The fourth-order valence-electron chi connectivity index (χ4n) is 5.18. The second-order valence-electron chi connectivity index (χ2n) is 9.48. The number of fused-ring (bicyclic) bond motifs is 1. The number of hydrogen-bond donors (Lipinski definition) is 2. The number of carbonyl (C=O) groups is 1. The number of halogens is 2. The first-order valence-electron chi connectivity index (χ1n) is 12.5. The summed E-state index contributed by atoms with van der Waals surface area (Å²) in [6.07, 6.45) is 3.07. The number of ether oxygens (including phenoxy) is 1. The van der Waals surface area contributed by atoms with Crippen LogP contribution in [0.2, 0.25) is 0 Å². The molecule has 2 N–H and O–H groups in total. The van der Waals surface area contributed by atoms with Crippen molar-refractivity contribution < 1.29 is 28.5 Å². The summed E-state index contributed by atoms with van der Waals surface area (Å²) in [5, 5.41) is 21.4. The second-order valence-corrected chi connectivity index (χ2v) is 10.6. The van der Waals surface area contributed by atoms with Crippen molar-refractivity contribution in [3.63, 3.8) is 0 Å². The molecule has 198 valence electrons. The number of aromatic nitrogens is 1. The normalized spacial score (nSPS) is 19.1. The van der Waals surface area contributed by atoms with Gasteiger partial charge >= 0.3 is 5.97 Å². The SMILES string of the molecule is COc1ccc2nccc([C@@H](O)CC[C@@H]3CCN(CCSc4c(F)cccc4F)C[C@@H]3CC(=O)O)c2c1. The number of carboxylic acid groups (broad SMARTS) is 1. The summed E-state index contributed by atoms with van der Waals surface area (Å²) in [5.41, 5.74) is 1.57. The molecule has 0 aliphatic carbocycles. The van der Waals surface area contributed by atoms with Crippen molar-refractivity contribution in [2.24, 2.45) is 11.8 Å². The Balaban J connectivity index is 1.35. The topological polar surface area (TPSA) is 82.9 Å². The van der Waals surface area contributed by atoms with Crippen molar-refractivity contribution in [3.05, 3.63) is 65.9 Å². The summed E-state index contributed by atoms with van der Waals surface area (Å²) < 4.78 is 33.1. The number of aliphatic carboxylic acids is 1. The molecule has 0 spiro atoms. The molecule has 0 bridgehead atoms. The maximum absolute atomic E-state index is 13.9. The molecule has 0 unspecified atom stereocenters. The molecule has 6 nitrogen and oxygen atoms in total. The van der Waals surface area contributed by atoms with E-state index in [0.717, 1.165) is 41.2 Å². The quantitative estimate of drug-likeness (QED) is 0.315. The van der Waals surface area contributed by atoms with Crippen LogP contribution >= 0.6 is 11.8 Å². The van der Waals surface area contributed by atoms with Gasteiger partial charge in [-0.1, -0.05) is 6.07 Å². The molecule has 1 aromatic heterocycles. The van der Waals surface area contributed by atoms with E-state index in [4.69, 9.17) is 4.74 Å². The Kier molecular flexibility index (Phi) is 9.34. The highest BCUT2D eigenvalue weighted by Crippen LogP contribution is 2.35. The number of nitrogens with zero attached hydrogens (tertiary/aromatic N) is 2. The monoisotopic (exact) mass is 530 g/mol. The molecule has 0 radical (unpaired) electrons. The molecular formula is C28H32F2N2O4S. The third-order valence-corrected chi connectivity index (χ3v) is 8.20. The van der Waals surface area contributed by atoms with E-state index in [1.54, 1.807) is 13.3 Å². The van der Waals surface area contributed by atoms with Crippen molar-refractivity contribution in [3.8, 4) is 5.75 Å². The lowest BCUT2D eigenvalue weighted by Gasteiger charge is -2.38. The van der Waals surface area contributed by atoms with Crippen LogP contribution in [0.3, 0.4) is 0 Å². The highest BCUT2D eigenvalue weighted by atomic mass is 32.2. The Bertz CT molecular complexity index is 1210. The Hall–Kier alpha value is -2.75. The largest absolute Gasteiger partial charge is 0.497 e. The minimum Gasteiger partial charge on any atom is -0.497 e. The van der Waals surface area contributed by atoms with Crippen LogP contribution in [0.15, 0.2) is 53.6 Å². The van der Waals surface area contributed by atoms with Crippen molar-refractivity contribution in [2.75, 3.05) is 32.5 Å². The number of methoxy groups -OCH3 is 1. The number of aliphatic hydroxyl groups excluding tert-OH is 1. The number of benzene rings is 2. The van der Waals surface area contributed by atoms with Gasteiger partial charge in [0.1, 0.15) is 17.4 Å². The number of thioether (sulfide) groups is 1. The zero-order valence-corrected chi connectivity index (χ0v) is 21.6. The van der Waals surface area contributed by atoms with E-state index in [-0.39, 0.29) is 23.2 Å². The summed E-state index contributed by atoms with van der Waals surface area (Å²) in [6, 6.07) is 11.2. The van der Waals surface area contributed by atoms with Gasteiger partial charge in [-0.05, 0) is 79.6 Å². The van der Waals surface area contributed by atoms with Crippen LogP contribution in [0.4, 0.5) is 8.78 Å². The third-order valence-electron chi connectivity index (χ3n) is 7.14. The molecule has 3 aromatic rings. The molecule has 4 rings (SSSR count). The number of rotatable bonds is 11. The van der Waals surface area contributed by atoms with E-state index in [1.165, 1.54) is 18.2 Å². The van der Waals surface area contributed by atoms with Crippen molar-refractivity contribution >= 4 is 28.6 Å². The maximum atomic E-state index is 13.9. The molecule has 2 heterocycles. The molecule has 1 aliphatic heterocycles. The minimum atomic E-state index is -0.840. The average molecular weight is 531 g/mol. The lowest BCUT2D eigenvalue weighted by molar-refractivity contribution is -0.139. The van der Waals surface area contributed by atoms with Crippen molar-refractivity contribution in [1.82, 2.24) is 9.88 Å². The minimum absolute atomic E-state index is 0.0229. The molecule has 1 saturated heterocycles. The number of hydrogen-bond acceptors (Lipinski definition) is 6. The van der Waals surface area contributed by atoms with E-state index in [9.17, 15) is 23.8 Å². The summed E-state index contributed by atoms with van der Waals surface area (Å²) in [5.74, 6) is -0.646. The zero-order valence-electron chi connectivity index (χ0n) is 20.8. The van der Waals surface area contributed by atoms with Gasteiger partial charge in [0.05, 0.1) is 23.6 Å². The molecule has 0 amide bonds. The van der Waals surface area contributed by atoms with E-state index in [0.29, 0.717) is 37.4 Å². The van der Waals surface area contributed by atoms with Gasteiger partial charge in [0.25, 0.3) is 0 Å². The fourth-order valence-corrected chi connectivity index (χ4v) is 6.15. The number of carboxylic acids is 1. The van der Waals surface area contributed by atoms with Crippen LogP contribution in [0.5, 0.6) is 5.75 Å². The van der Waals surface area contributed by atoms with Gasteiger partial charge in [-0.3, -0.25) is 9.78 Å². The lowest BCUT2D eigenvalue weighted by atomic mass is 9.79. The lowest BCUT2D eigenvalue weighted by Crippen LogP contribution is -2.42. The highest BCUT2D eigenvalue weighted by molar-refractivity contribution is 7.99. The van der Waals surface area contributed by atoms with Gasteiger partial charge in [-0.2, -0.15) is 0 Å². The Morgan fingerprint density at radius 2 is 2.00 bits per heavy atom. The van der Waals surface area contributed by atoms with Gasteiger partial charge < -0.3 is 19.8 Å². The summed E-state index contributed by atoms with van der Waals surface area (Å²) in [7, 11) is 1.60. The van der Waals surface area contributed by atoms with Crippen molar-refractivity contribution in [2.45, 2.75) is 36.7 Å². The van der Waals surface area contributed by atoms with Crippen LogP contribution in [0, 0.1) is 23.5 Å². The van der Waals surface area contributed by atoms with Gasteiger partial charge in [0, 0.05) is 36.8 Å². The first-order chi connectivity index (χ1) is 17.9. The summed E-state index contributed by atoms with van der Waals surface area (Å²) in [6.45, 7) is 2.02. The first kappa shape index (κ1) is 27.3. The van der Waals surface area contributed by atoms with E-state index >= 15 is 0 Å². The standard InChI is InChI=1S/C28H32F2N2O4S/c1-36-20-6-7-25-22(16-20)21(9-11-31-25)26(33)8-5-18-10-12-32(17-19(18)15-27(34)35)13-14-37-28-23(29)3-2-4-24(28)30/h2-4,6-7,9,11,16,18-19,26,33H,5,8,10,12-15,17H2,1H3,(H,34,35)/t18-,19+,26+/m1/s1. The zero-order chi connectivity index (χ0) is 26.4. The molecular weight excluding hydrogens is 498 g/mol. The maximum Gasteiger partial charge on any atom is 0.303 e. The second kappa shape index (κ2) is 12.7. The number of piperidine rings is 1. The van der Waals surface area contributed by atoms with E-state index in [1.807, 2.05) is 24.3 Å². The summed E-state index contributed by atoms with van der Waals surface area (Å²) in [4.78, 5) is 18.2. The Morgan fingerprint density at radius 3 is 2.73 bits per heavy atom. The average Bonchev–Trinajstić information content (AvgIpc) is 2.88. The molecule has 3 atom stereocenters. The highest BCUT2D eigenvalue weighted by Gasteiger charge is 2.31. The van der Waals surface area contributed by atoms with Crippen LogP contribution in [0.25, 0.3) is 10.9 Å². The molecule has 1 fully saturated rings. The first-order valence-corrected chi connectivity index (χ1v) is 13.5. The summed E-state index contributed by atoms with van der Waals surface area (Å²) >= 11 is 1.14. The number of aliphatic hydroxyl groups is 1. The van der Waals surface area contributed by atoms with Crippen LogP contribution < -0.4 is 4.74 Å². The molecule has 2 aromatic carbocycles.